The molecule has 1 aliphatic rings. The summed E-state index contributed by atoms with van der Waals surface area (Å²) in [6, 6.07) is 0. The van der Waals surface area contributed by atoms with Crippen LogP contribution >= 0.6 is 0 Å². The highest BCUT2D eigenvalue weighted by molar-refractivity contribution is 5.70. The van der Waals surface area contributed by atoms with E-state index in [1.54, 1.807) is 4.68 Å². The molecule has 1 fully saturated rings. The highest BCUT2D eigenvalue weighted by Crippen LogP contribution is 2.33. The van der Waals surface area contributed by atoms with Crippen molar-refractivity contribution < 1.29 is 9.90 Å². The van der Waals surface area contributed by atoms with Crippen molar-refractivity contribution in [2.75, 3.05) is 0 Å². The largest absolute Gasteiger partial charge is 0.481 e. The maximum Gasteiger partial charge on any atom is 0.307 e. The third kappa shape index (κ3) is 2.65. The van der Waals surface area contributed by atoms with E-state index < -0.39 is 5.97 Å². The second-order valence-electron chi connectivity index (χ2n) is 4.69. The Balaban J connectivity index is 2.09. The van der Waals surface area contributed by atoms with Crippen LogP contribution in [0.2, 0.25) is 0 Å². The molecule has 1 unspecified atom stereocenters. The van der Waals surface area contributed by atoms with Crippen molar-refractivity contribution in [3.05, 3.63) is 12.2 Å². The predicted octanol–water partition coefficient (Wildman–Crippen LogP) is 1.73. The van der Waals surface area contributed by atoms with Gasteiger partial charge >= 0.3 is 5.97 Å². The van der Waals surface area contributed by atoms with Crippen molar-refractivity contribution in [3.63, 3.8) is 0 Å². The Morgan fingerprint density at radius 2 is 2.29 bits per heavy atom. The van der Waals surface area contributed by atoms with E-state index in [1.807, 2.05) is 6.92 Å². The lowest BCUT2D eigenvalue weighted by Gasteiger charge is -2.18. The molecule has 1 N–H and O–H groups in total. The first-order chi connectivity index (χ1) is 8.22. The molecule has 1 aliphatic carbocycles. The lowest BCUT2D eigenvalue weighted by atomic mass is 9.88. The van der Waals surface area contributed by atoms with Gasteiger partial charge in [0.25, 0.3) is 0 Å². The minimum atomic E-state index is -0.692. The first-order valence-corrected chi connectivity index (χ1v) is 6.31. The number of nitrogens with zero attached hydrogens (tertiary/aromatic N) is 3. The van der Waals surface area contributed by atoms with Gasteiger partial charge in [0.2, 0.25) is 0 Å². The Morgan fingerprint density at radius 3 is 2.88 bits per heavy atom. The summed E-state index contributed by atoms with van der Waals surface area (Å²) in [5.74, 6) is 0.121. The van der Waals surface area contributed by atoms with Gasteiger partial charge in [-0.05, 0) is 25.7 Å². The normalized spacial score (nSPS) is 18.4. The summed E-state index contributed by atoms with van der Waals surface area (Å²) in [5.41, 5.74) is 0. The van der Waals surface area contributed by atoms with Crippen LogP contribution in [0.1, 0.15) is 38.4 Å². The second-order valence-corrected chi connectivity index (χ2v) is 4.69. The number of hydrogen-bond donors (Lipinski definition) is 1. The molecule has 1 heterocycles. The Morgan fingerprint density at radius 1 is 1.59 bits per heavy atom. The molecular weight excluding hydrogens is 218 g/mol. The molecule has 0 saturated heterocycles. The molecule has 5 nitrogen and oxygen atoms in total. The predicted molar refractivity (Wildman–Crippen MR) is 62.5 cm³/mol. The van der Waals surface area contributed by atoms with E-state index in [4.69, 9.17) is 0 Å². The zero-order valence-electron chi connectivity index (χ0n) is 10.2. The van der Waals surface area contributed by atoms with Crippen molar-refractivity contribution >= 4 is 5.97 Å². The second kappa shape index (κ2) is 5.29. The van der Waals surface area contributed by atoms with E-state index >= 15 is 0 Å². The van der Waals surface area contributed by atoms with Crippen LogP contribution in [0.4, 0.5) is 0 Å². The molecule has 1 aromatic heterocycles. The summed E-state index contributed by atoms with van der Waals surface area (Å²) >= 11 is 0. The van der Waals surface area contributed by atoms with Crippen molar-refractivity contribution in [1.82, 2.24) is 14.8 Å². The lowest BCUT2D eigenvalue weighted by Crippen LogP contribution is -2.25. The third-order valence-electron chi connectivity index (χ3n) is 3.68. The van der Waals surface area contributed by atoms with Crippen LogP contribution in [-0.2, 0) is 17.8 Å². The third-order valence-corrected chi connectivity index (χ3v) is 3.68. The molecule has 2 rings (SSSR count). The molecular formula is C12H19N3O2. The van der Waals surface area contributed by atoms with Gasteiger partial charge in [-0.1, -0.05) is 12.8 Å². The van der Waals surface area contributed by atoms with Crippen molar-refractivity contribution in [2.45, 2.75) is 45.6 Å². The molecule has 0 radical (unpaired) electrons. The number of aromatic nitrogens is 3. The number of hydrogen-bond acceptors (Lipinski definition) is 3. The fourth-order valence-corrected chi connectivity index (χ4v) is 2.72. The lowest BCUT2D eigenvalue weighted by molar-refractivity contribution is -0.143. The summed E-state index contributed by atoms with van der Waals surface area (Å²) in [4.78, 5) is 15.5. The van der Waals surface area contributed by atoms with Gasteiger partial charge in [0.05, 0.1) is 5.92 Å². The number of rotatable bonds is 5. The fraction of sp³-hybridized carbons (Fsp3) is 0.750. The van der Waals surface area contributed by atoms with E-state index in [9.17, 15) is 9.90 Å². The average Bonchev–Trinajstić information content (AvgIpc) is 2.96. The number of carboxylic acid groups (broad SMARTS) is 1. The Kier molecular flexibility index (Phi) is 3.76. The molecule has 0 aliphatic heterocycles. The maximum absolute atomic E-state index is 11.4. The molecule has 17 heavy (non-hydrogen) atoms. The van der Waals surface area contributed by atoms with Crippen LogP contribution in [0.15, 0.2) is 6.33 Å². The zero-order valence-corrected chi connectivity index (χ0v) is 10.2. The van der Waals surface area contributed by atoms with Gasteiger partial charge in [0.15, 0.2) is 0 Å². The zero-order chi connectivity index (χ0) is 12.3. The molecule has 1 atom stereocenters. The van der Waals surface area contributed by atoms with Gasteiger partial charge in [0, 0.05) is 13.0 Å². The molecule has 0 bridgehead atoms. The highest BCUT2D eigenvalue weighted by atomic mass is 16.4. The number of aliphatic carboxylic acids is 1. The Bertz CT molecular complexity index is 383. The van der Waals surface area contributed by atoms with Crippen LogP contribution in [0.3, 0.4) is 0 Å². The van der Waals surface area contributed by atoms with Crippen molar-refractivity contribution in [3.8, 4) is 0 Å². The summed E-state index contributed by atoms with van der Waals surface area (Å²) in [7, 11) is 0. The first kappa shape index (κ1) is 12.1. The Labute approximate surface area is 101 Å². The fourth-order valence-electron chi connectivity index (χ4n) is 2.72. The smallest absolute Gasteiger partial charge is 0.307 e. The van der Waals surface area contributed by atoms with Gasteiger partial charge in [-0.3, -0.25) is 9.48 Å². The standard InChI is InChI=1S/C12H19N3O2/c1-2-15-11(13-8-14-15)7-10(12(16)17)9-5-3-4-6-9/h8-10H,2-7H2,1H3,(H,16,17). The molecule has 1 saturated carbocycles. The molecule has 0 spiro atoms. The van der Waals surface area contributed by atoms with Gasteiger partial charge in [0.1, 0.15) is 12.2 Å². The summed E-state index contributed by atoms with van der Waals surface area (Å²) in [5, 5.41) is 13.4. The highest BCUT2D eigenvalue weighted by Gasteiger charge is 2.31. The Hall–Kier alpha value is -1.39. The minimum absolute atomic E-state index is 0.299. The minimum Gasteiger partial charge on any atom is -0.481 e. The summed E-state index contributed by atoms with van der Waals surface area (Å²) in [6.45, 7) is 2.73. The van der Waals surface area contributed by atoms with E-state index in [1.165, 1.54) is 6.33 Å². The molecule has 0 amide bonds. The van der Waals surface area contributed by atoms with Crippen molar-refractivity contribution in [1.29, 1.82) is 0 Å². The van der Waals surface area contributed by atoms with Crippen LogP contribution < -0.4 is 0 Å². The van der Waals surface area contributed by atoms with Gasteiger partial charge < -0.3 is 5.11 Å². The molecule has 0 aromatic carbocycles. The average molecular weight is 237 g/mol. The monoisotopic (exact) mass is 237 g/mol. The van der Waals surface area contributed by atoms with Crippen molar-refractivity contribution in [2.24, 2.45) is 11.8 Å². The van der Waals surface area contributed by atoms with Crippen LogP contribution in [0.5, 0.6) is 0 Å². The first-order valence-electron chi connectivity index (χ1n) is 6.31. The topological polar surface area (TPSA) is 68.0 Å². The van der Waals surface area contributed by atoms with E-state index in [2.05, 4.69) is 10.1 Å². The molecule has 94 valence electrons. The molecule has 1 aromatic rings. The quantitative estimate of drug-likeness (QED) is 0.846. The van der Waals surface area contributed by atoms with E-state index in [-0.39, 0.29) is 5.92 Å². The van der Waals surface area contributed by atoms with Gasteiger partial charge in [-0.2, -0.15) is 5.10 Å². The SMILES string of the molecule is CCn1ncnc1CC(C(=O)O)C1CCCC1. The molecule has 5 heteroatoms. The van der Waals surface area contributed by atoms with Gasteiger partial charge in [-0.25, -0.2) is 4.98 Å². The van der Waals surface area contributed by atoms with Crippen LogP contribution in [0.25, 0.3) is 0 Å². The maximum atomic E-state index is 11.4. The summed E-state index contributed by atoms with van der Waals surface area (Å²) in [6.07, 6.45) is 6.42. The number of carbonyl (C=O) groups is 1. The van der Waals surface area contributed by atoms with E-state index in [0.717, 1.165) is 38.1 Å². The van der Waals surface area contributed by atoms with Gasteiger partial charge in [-0.15, -0.1) is 0 Å². The van der Waals surface area contributed by atoms with Crippen LogP contribution in [0, 0.1) is 11.8 Å². The number of aryl methyl sites for hydroxylation is 1. The van der Waals surface area contributed by atoms with E-state index in [0.29, 0.717) is 12.3 Å². The van der Waals surface area contributed by atoms with Crippen LogP contribution in [-0.4, -0.2) is 25.8 Å². The number of carboxylic acids is 1. The summed E-state index contributed by atoms with van der Waals surface area (Å²) < 4.78 is 1.78.